The molecule has 6 N–H and O–H groups in total. The molecular weight excluding hydrogens is 1160 g/mol. The second-order valence-electron chi connectivity index (χ2n) is 21.4. The Morgan fingerprint density at radius 1 is 0.605 bits per heavy atom. The van der Waals surface area contributed by atoms with Crippen molar-refractivity contribution in [2.75, 3.05) is 118 Å². The van der Waals surface area contributed by atoms with E-state index in [9.17, 15) is 41.1 Å². The number of alkyl carbamates (subject to hydrolysis) is 2. The molecule has 0 aromatic heterocycles. The fourth-order valence-corrected chi connectivity index (χ4v) is 12.2. The Labute approximate surface area is 505 Å². The molecule has 0 aliphatic carbocycles. The van der Waals surface area contributed by atoms with Gasteiger partial charge in [-0.2, -0.15) is 8.61 Å². The van der Waals surface area contributed by atoms with Crippen molar-refractivity contribution >= 4 is 55.5 Å². The van der Waals surface area contributed by atoms with Crippen LogP contribution in [0.4, 0.5) is 21.0 Å². The average Bonchev–Trinajstić information content (AvgIpc) is 2.55. The zero-order chi connectivity index (χ0) is 62.5. The Hall–Kier alpha value is -6.30. The number of nitrogens with two attached hydrogens (primary N) is 1. The summed E-state index contributed by atoms with van der Waals surface area (Å²) in [4.78, 5) is 51.2. The van der Waals surface area contributed by atoms with Crippen molar-refractivity contribution in [3.8, 4) is 0 Å². The summed E-state index contributed by atoms with van der Waals surface area (Å²) in [6, 6.07) is 28.6. The van der Waals surface area contributed by atoms with Crippen LogP contribution in [0.5, 0.6) is 0 Å². The van der Waals surface area contributed by atoms with Crippen LogP contribution in [0.1, 0.15) is 51.7 Å². The first kappa shape index (κ1) is 70.5. The van der Waals surface area contributed by atoms with E-state index in [1.165, 1.54) is 71.4 Å². The second kappa shape index (κ2) is 36.8. The van der Waals surface area contributed by atoms with Crippen LogP contribution in [0.2, 0.25) is 0 Å². The fraction of sp³-hybridized carbons (Fsp3) is 0.533. The molecule has 4 aromatic carbocycles. The third kappa shape index (κ3) is 24.8. The molecule has 0 spiro atoms. The van der Waals surface area contributed by atoms with Gasteiger partial charge in [-0.1, -0.05) is 88.4 Å². The number of hydrogen-bond acceptors (Lipinski definition) is 19. The van der Waals surface area contributed by atoms with Gasteiger partial charge in [0.05, 0.1) is 87.4 Å². The van der Waals surface area contributed by atoms with Crippen molar-refractivity contribution in [2.45, 2.75) is 99.7 Å². The van der Waals surface area contributed by atoms with Crippen LogP contribution in [0.3, 0.4) is 0 Å². The lowest BCUT2D eigenvalue weighted by Crippen LogP contribution is -2.53. The Balaban J connectivity index is 0.000000336. The van der Waals surface area contributed by atoms with E-state index in [0.717, 1.165) is 11.1 Å². The lowest BCUT2D eigenvalue weighted by molar-refractivity contribution is -0.157. The number of sulfonamides is 2. The van der Waals surface area contributed by atoms with Crippen molar-refractivity contribution in [3.63, 3.8) is 0 Å². The summed E-state index contributed by atoms with van der Waals surface area (Å²) in [7, 11) is -5.06. The first-order chi connectivity index (χ1) is 41.2. The minimum atomic E-state index is -4.19. The van der Waals surface area contributed by atoms with Gasteiger partial charge >= 0.3 is 18.2 Å². The Morgan fingerprint density at radius 2 is 1.06 bits per heavy atom. The number of benzene rings is 4. The summed E-state index contributed by atoms with van der Waals surface area (Å²) < 4.78 is 106. The summed E-state index contributed by atoms with van der Waals surface area (Å²) in [6.07, 6.45) is -2.90. The van der Waals surface area contributed by atoms with Crippen LogP contribution in [-0.2, 0) is 85.1 Å². The van der Waals surface area contributed by atoms with Crippen molar-refractivity contribution in [3.05, 3.63) is 120 Å². The number of anilines is 2. The van der Waals surface area contributed by atoms with E-state index in [-0.39, 0.29) is 93.4 Å². The van der Waals surface area contributed by atoms with Crippen LogP contribution in [-0.4, -0.2) is 198 Å². The van der Waals surface area contributed by atoms with Crippen molar-refractivity contribution < 1.29 is 83.8 Å². The van der Waals surface area contributed by atoms with Gasteiger partial charge < -0.3 is 69.4 Å². The van der Waals surface area contributed by atoms with E-state index < -0.39 is 81.1 Å². The first-order valence-corrected chi connectivity index (χ1v) is 31.5. The molecule has 2 aliphatic heterocycles. The summed E-state index contributed by atoms with van der Waals surface area (Å²) in [5.74, 6) is -1.27. The molecule has 26 heteroatoms. The van der Waals surface area contributed by atoms with Gasteiger partial charge in [-0.05, 0) is 84.3 Å². The van der Waals surface area contributed by atoms with E-state index >= 15 is 0 Å². The van der Waals surface area contributed by atoms with E-state index in [0.29, 0.717) is 57.1 Å². The molecule has 3 amide bonds. The number of aliphatic hydroxyl groups is 1. The standard InChI is InChI=1S/C35H51N3O12S.C25H35N3O6S/c1-26(2)21-38(51(42,43)30-12-10-28(11-13-30)36-33(39)24-47-18-16-44-3)22-32(50-34(40)25-48-19-17-45-4)31(20-27-8-6-5-7-9-27)37-35(41)49-29-14-15-46-23-29;1-18(2)15-28(35(31,32)22-10-8-20(26)9-11-22)16-24(29)23(14-19-6-4-3-5-7-19)27-25(30)34-21-12-13-33-17-21/h5-13,26,29,31-32H,14-25H2,1-4H3,(H,36,39)(H,37,41);3-11,18,21,23-24,29H,12-17,26H2,1-2H3,(H,27,30)/t29?,31-,32?;21-,23-,24+/m00/s1. The molecule has 2 aliphatic rings. The normalized spacial score (nSPS) is 16.6. The molecule has 2 saturated heterocycles. The SMILES string of the molecule is CC(C)CN(C[C@@H](O)[C@H](Cc1ccccc1)NC(=O)O[C@H]1CCOC1)S(=O)(=O)c1ccc(N)cc1.COCCOCC(=O)Nc1ccc(S(=O)(=O)N(CC(C)C)CC(OC(=O)COCCOC)[C@H](Cc2ccccc2)NC(=O)OC2CCOC2)cc1. The van der Waals surface area contributed by atoms with Crippen molar-refractivity contribution in [1.29, 1.82) is 0 Å². The molecular formula is C60H86N6O18S2. The second-order valence-corrected chi connectivity index (χ2v) is 25.3. The molecule has 2 unspecified atom stereocenters. The number of ether oxygens (including phenoxy) is 9. The molecule has 0 radical (unpaired) electrons. The Morgan fingerprint density at radius 3 is 1.52 bits per heavy atom. The van der Waals surface area contributed by atoms with Gasteiger partial charge in [0.15, 0.2) is 0 Å². The quantitative estimate of drug-likeness (QED) is 0.0177. The topological polar surface area (TPSA) is 308 Å². The number of nitrogens with zero attached hydrogens (tertiary/aromatic N) is 2. The van der Waals surface area contributed by atoms with Crippen LogP contribution in [0, 0.1) is 11.8 Å². The Kier molecular flexibility index (Phi) is 30.1. The summed E-state index contributed by atoms with van der Waals surface area (Å²) in [5, 5.41) is 19.4. The number of nitrogens with one attached hydrogen (secondary N) is 3. The van der Waals surface area contributed by atoms with Crippen molar-refractivity contribution in [2.24, 2.45) is 11.8 Å². The van der Waals surface area contributed by atoms with Crippen molar-refractivity contribution in [1.82, 2.24) is 19.2 Å². The number of esters is 1. The number of carbonyl (C=O) groups excluding carboxylic acids is 4. The molecule has 0 saturated carbocycles. The summed E-state index contributed by atoms with van der Waals surface area (Å²) >= 11 is 0. The minimum absolute atomic E-state index is 0.0126. The predicted octanol–water partition coefficient (Wildman–Crippen LogP) is 5.04. The average molecular weight is 1240 g/mol. The zero-order valence-corrected chi connectivity index (χ0v) is 51.5. The number of methoxy groups -OCH3 is 2. The number of nitrogen functional groups attached to an aromatic ring is 1. The van der Waals surface area contributed by atoms with Gasteiger partial charge in [0.2, 0.25) is 26.0 Å². The monoisotopic (exact) mass is 1240 g/mol. The van der Waals surface area contributed by atoms with E-state index in [2.05, 4.69) is 16.0 Å². The highest BCUT2D eigenvalue weighted by molar-refractivity contribution is 7.89. The maximum Gasteiger partial charge on any atom is 0.407 e. The molecule has 4 aromatic rings. The molecule has 6 rings (SSSR count). The molecule has 6 atom stereocenters. The van der Waals surface area contributed by atoms with Gasteiger partial charge in [-0.25, -0.2) is 31.2 Å². The molecule has 24 nitrogen and oxygen atoms in total. The third-order valence-electron chi connectivity index (χ3n) is 13.2. The highest BCUT2D eigenvalue weighted by Crippen LogP contribution is 2.24. The number of amides is 3. The fourth-order valence-electron chi connectivity index (χ4n) is 8.97. The molecule has 2 fully saturated rings. The van der Waals surface area contributed by atoms with Crippen LogP contribution in [0.15, 0.2) is 119 Å². The van der Waals surface area contributed by atoms with Gasteiger partial charge in [0.25, 0.3) is 0 Å². The van der Waals surface area contributed by atoms with Gasteiger partial charge in [0.1, 0.15) is 31.5 Å². The predicted molar refractivity (Wildman–Crippen MR) is 320 cm³/mol. The smallest absolute Gasteiger partial charge is 0.407 e. The molecule has 0 bridgehead atoms. The van der Waals surface area contributed by atoms with Gasteiger partial charge in [-0.3, -0.25) is 4.79 Å². The number of rotatable bonds is 34. The maximum absolute atomic E-state index is 14.2. The molecule has 476 valence electrons. The zero-order valence-electron chi connectivity index (χ0n) is 49.9. The van der Waals surface area contributed by atoms with Crippen LogP contribution >= 0.6 is 0 Å². The minimum Gasteiger partial charge on any atom is -0.457 e. The number of aliphatic hydroxyl groups excluding tert-OH is 1. The number of carbonyl (C=O) groups is 4. The van der Waals surface area contributed by atoms with E-state index in [1.54, 1.807) is 0 Å². The van der Waals surface area contributed by atoms with Gasteiger partial charge in [0, 0.05) is 58.1 Å². The largest absolute Gasteiger partial charge is 0.457 e. The van der Waals surface area contributed by atoms with Crippen LogP contribution in [0.25, 0.3) is 0 Å². The highest BCUT2D eigenvalue weighted by atomic mass is 32.2. The highest BCUT2D eigenvalue weighted by Gasteiger charge is 2.37. The lowest BCUT2D eigenvalue weighted by atomic mass is 10.0. The summed E-state index contributed by atoms with van der Waals surface area (Å²) in [6.45, 7) is 9.29. The van der Waals surface area contributed by atoms with Crippen LogP contribution < -0.4 is 21.7 Å². The third-order valence-corrected chi connectivity index (χ3v) is 16.9. The summed E-state index contributed by atoms with van der Waals surface area (Å²) in [5.41, 5.74) is 8.25. The lowest BCUT2D eigenvalue weighted by Gasteiger charge is -2.33. The Bertz CT molecular complexity index is 2860. The number of hydrogen-bond donors (Lipinski definition) is 5. The first-order valence-electron chi connectivity index (χ1n) is 28.6. The van der Waals surface area contributed by atoms with E-state index in [4.69, 9.17) is 48.4 Å². The maximum atomic E-state index is 14.2. The van der Waals surface area contributed by atoms with Gasteiger partial charge in [-0.15, -0.1) is 0 Å². The van der Waals surface area contributed by atoms with E-state index in [1.807, 2.05) is 88.4 Å². The molecule has 86 heavy (non-hydrogen) atoms. The molecule has 2 heterocycles.